The minimum atomic E-state index is -0.517. The number of carbonyl (C=O) groups excluding carboxylic acids is 2. The van der Waals surface area contributed by atoms with E-state index in [2.05, 4.69) is 49.4 Å². The first-order valence-electron chi connectivity index (χ1n) is 13.3. The van der Waals surface area contributed by atoms with E-state index < -0.39 is 5.60 Å². The van der Waals surface area contributed by atoms with E-state index in [0.717, 1.165) is 59.2 Å². The minimum Gasteiger partial charge on any atom is -0.444 e. The summed E-state index contributed by atoms with van der Waals surface area (Å²) in [6, 6.07) is 6.20. The predicted molar refractivity (Wildman–Crippen MR) is 155 cm³/mol. The third-order valence-corrected chi connectivity index (χ3v) is 7.48. The number of amides is 2. The normalized spacial score (nSPS) is 17.6. The Balaban J connectivity index is 1.71. The fourth-order valence-corrected chi connectivity index (χ4v) is 5.64. The number of carbonyl (C=O) groups is 2. The zero-order valence-corrected chi connectivity index (χ0v) is 25.2. The molecule has 8 nitrogen and oxygen atoms in total. The molecule has 3 N–H and O–H groups in total. The third-order valence-electron chi connectivity index (χ3n) is 7.02. The first-order valence-corrected chi connectivity index (χ1v) is 14.1. The lowest BCUT2D eigenvalue weighted by atomic mass is 9.89. The Morgan fingerprint density at radius 1 is 1.11 bits per heavy atom. The lowest BCUT2D eigenvalue weighted by molar-refractivity contribution is 0.0491. The number of aromatic amines is 1. The number of aromatic nitrogens is 1. The second-order valence-electron chi connectivity index (χ2n) is 11.2. The van der Waals surface area contributed by atoms with Crippen LogP contribution in [0.25, 0.3) is 0 Å². The molecule has 3 rings (SSSR count). The van der Waals surface area contributed by atoms with Crippen molar-refractivity contribution < 1.29 is 14.3 Å². The fourth-order valence-electron chi connectivity index (χ4n) is 5.20. The summed E-state index contributed by atoms with van der Waals surface area (Å²) in [6.07, 6.45) is 3.22. The van der Waals surface area contributed by atoms with E-state index in [0.29, 0.717) is 17.2 Å². The van der Waals surface area contributed by atoms with Gasteiger partial charge in [0.05, 0.1) is 0 Å². The molecule has 0 spiro atoms. The summed E-state index contributed by atoms with van der Waals surface area (Å²) in [6.45, 7) is 14.4. The Kier molecular flexibility index (Phi) is 9.68. The molecular formula is C29H41BrN4O4. The quantitative estimate of drug-likeness (QED) is 0.387. The molecular weight excluding hydrogens is 548 g/mol. The standard InChI is InChI=1S/C29H41BrN4O4/c1-8-34(22-11-9-21(10-12-22)33-28(37)38-29(5,6)7)25-15-20(30)14-23(19(25)4)26(35)31-16-24-17(2)13-18(3)32-27(24)36/h13-15,21-22H,8-12,16H2,1-7H3,(H,31,35)(H,32,36)(H,33,37). The number of alkyl carbamates (subject to hydrolysis) is 1. The number of pyridine rings is 1. The van der Waals surface area contributed by atoms with Crippen LogP contribution in [0.4, 0.5) is 10.5 Å². The van der Waals surface area contributed by atoms with Gasteiger partial charge in [0.15, 0.2) is 0 Å². The van der Waals surface area contributed by atoms with Gasteiger partial charge in [0.25, 0.3) is 11.5 Å². The number of H-pyrrole nitrogens is 1. The number of anilines is 1. The predicted octanol–water partition coefficient (Wildman–Crippen LogP) is 5.65. The largest absolute Gasteiger partial charge is 0.444 e. The molecule has 0 aliphatic heterocycles. The van der Waals surface area contributed by atoms with Crippen molar-refractivity contribution in [2.45, 2.75) is 98.4 Å². The highest BCUT2D eigenvalue weighted by Crippen LogP contribution is 2.33. The number of nitrogens with one attached hydrogen (secondary N) is 3. The monoisotopic (exact) mass is 588 g/mol. The van der Waals surface area contributed by atoms with Crippen molar-refractivity contribution in [3.8, 4) is 0 Å². The molecule has 0 bridgehead atoms. The third kappa shape index (κ3) is 7.62. The molecule has 1 fully saturated rings. The average Bonchev–Trinajstić information content (AvgIpc) is 2.80. The molecule has 0 radical (unpaired) electrons. The number of aryl methyl sites for hydroxylation is 2. The summed E-state index contributed by atoms with van der Waals surface area (Å²) in [5.74, 6) is -0.217. The molecule has 0 unspecified atom stereocenters. The molecule has 2 aromatic rings. The molecule has 1 aliphatic carbocycles. The lowest BCUT2D eigenvalue weighted by Crippen LogP contribution is -2.45. The van der Waals surface area contributed by atoms with Crippen LogP contribution in [0.1, 0.15) is 86.1 Å². The maximum absolute atomic E-state index is 13.2. The second kappa shape index (κ2) is 12.4. The van der Waals surface area contributed by atoms with Crippen LogP contribution in [-0.4, -0.2) is 41.2 Å². The zero-order chi connectivity index (χ0) is 28.2. The number of ether oxygens (including phenoxy) is 1. The van der Waals surface area contributed by atoms with Gasteiger partial charge in [0, 0.05) is 52.2 Å². The zero-order valence-electron chi connectivity index (χ0n) is 23.6. The van der Waals surface area contributed by atoms with E-state index in [1.54, 1.807) is 0 Å². The summed E-state index contributed by atoms with van der Waals surface area (Å²) in [4.78, 5) is 43.0. The van der Waals surface area contributed by atoms with E-state index in [-0.39, 0.29) is 30.1 Å². The van der Waals surface area contributed by atoms with Gasteiger partial charge < -0.3 is 25.3 Å². The summed E-state index contributed by atoms with van der Waals surface area (Å²) in [7, 11) is 0. The Bertz CT molecular complexity index is 1230. The molecule has 2 amide bonds. The smallest absolute Gasteiger partial charge is 0.407 e. The molecule has 0 atom stereocenters. The molecule has 1 aromatic carbocycles. The highest BCUT2D eigenvalue weighted by molar-refractivity contribution is 9.10. The van der Waals surface area contributed by atoms with Crippen molar-refractivity contribution in [2.75, 3.05) is 11.4 Å². The number of halogens is 1. The topological polar surface area (TPSA) is 104 Å². The molecule has 38 heavy (non-hydrogen) atoms. The summed E-state index contributed by atoms with van der Waals surface area (Å²) >= 11 is 3.60. The molecule has 9 heteroatoms. The molecule has 1 heterocycles. The molecule has 1 aliphatic rings. The van der Waals surface area contributed by atoms with Gasteiger partial charge in [0.1, 0.15) is 5.60 Å². The van der Waals surface area contributed by atoms with Gasteiger partial charge in [-0.15, -0.1) is 0 Å². The minimum absolute atomic E-state index is 0.0955. The maximum atomic E-state index is 13.2. The van der Waals surface area contributed by atoms with Crippen LogP contribution in [0.2, 0.25) is 0 Å². The number of benzene rings is 1. The van der Waals surface area contributed by atoms with Crippen LogP contribution in [0.3, 0.4) is 0 Å². The van der Waals surface area contributed by atoms with Gasteiger partial charge in [0.2, 0.25) is 0 Å². The van der Waals surface area contributed by atoms with Crippen molar-refractivity contribution in [1.82, 2.24) is 15.6 Å². The van der Waals surface area contributed by atoms with Gasteiger partial charge in [-0.05, 0) is 103 Å². The average molecular weight is 590 g/mol. The van der Waals surface area contributed by atoms with Crippen molar-refractivity contribution in [3.63, 3.8) is 0 Å². The summed E-state index contributed by atoms with van der Waals surface area (Å²) < 4.78 is 6.24. The van der Waals surface area contributed by atoms with E-state index in [9.17, 15) is 14.4 Å². The molecule has 208 valence electrons. The van der Waals surface area contributed by atoms with Crippen molar-refractivity contribution in [3.05, 3.63) is 61.0 Å². The van der Waals surface area contributed by atoms with Crippen LogP contribution >= 0.6 is 15.9 Å². The number of hydrogen-bond acceptors (Lipinski definition) is 5. The molecule has 1 saturated carbocycles. The Labute approximate surface area is 234 Å². The van der Waals surface area contributed by atoms with E-state index in [1.807, 2.05) is 53.7 Å². The maximum Gasteiger partial charge on any atom is 0.407 e. The van der Waals surface area contributed by atoms with Gasteiger partial charge >= 0.3 is 6.09 Å². The highest BCUT2D eigenvalue weighted by atomic mass is 79.9. The van der Waals surface area contributed by atoms with Crippen molar-refractivity contribution in [1.29, 1.82) is 0 Å². The van der Waals surface area contributed by atoms with Crippen molar-refractivity contribution >= 4 is 33.6 Å². The number of rotatable bonds is 7. The van der Waals surface area contributed by atoms with Gasteiger partial charge in [-0.2, -0.15) is 0 Å². The van der Waals surface area contributed by atoms with Gasteiger partial charge in [-0.3, -0.25) is 9.59 Å². The van der Waals surface area contributed by atoms with Crippen LogP contribution < -0.4 is 21.1 Å². The van der Waals surface area contributed by atoms with Crippen LogP contribution in [0.15, 0.2) is 27.5 Å². The molecule has 0 saturated heterocycles. The highest BCUT2D eigenvalue weighted by Gasteiger charge is 2.29. The Morgan fingerprint density at radius 2 is 1.76 bits per heavy atom. The van der Waals surface area contributed by atoms with Crippen LogP contribution in [-0.2, 0) is 11.3 Å². The van der Waals surface area contributed by atoms with Crippen LogP contribution in [0.5, 0.6) is 0 Å². The van der Waals surface area contributed by atoms with E-state index in [1.165, 1.54) is 0 Å². The van der Waals surface area contributed by atoms with Gasteiger partial charge in [-0.25, -0.2) is 4.79 Å². The van der Waals surface area contributed by atoms with Crippen LogP contribution in [0, 0.1) is 20.8 Å². The van der Waals surface area contributed by atoms with Crippen molar-refractivity contribution in [2.24, 2.45) is 0 Å². The second-order valence-corrected chi connectivity index (χ2v) is 12.1. The SMILES string of the molecule is CCN(c1cc(Br)cc(C(=O)NCc2c(C)cc(C)[nH]c2=O)c1C)C1CCC(NC(=O)OC(C)(C)C)CC1. The first-order chi connectivity index (χ1) is 17.8. The summed E-state index contributed by atoms with van der Waals surface area (Å²) in [5, 5.41) is 5.95. The van der Waals surface area contributed by atoms with Gasteiger partial charge in [-0.1, -0.05) is 15.9 Å². The first kappa shape index (κ1) is 29.7. The Morgan fingerprint density at radius 3 is 2.34 bits per heavy atom. The fraction of sp³-hybridized carbons (Fsp3) is 0.552. The Hall–Kier alpha value is -2.81. The number of nitrogens with zero attached hydrogens (tertiary/aromatic N) is 1. The van der Waals surface area contributed by atoms with E-state index in [4.69, 9.17) is 4.74 Å². The number of hydrogen-bond donors (Lipinski definition) is 3. The van der Waals surface area contributed by atoms with E-state index >= 15 is 0 Å². The molecule has 1 aromatic heterocycles. The summed E-state index contributed by atoms with van der Waals surface area (Å²) in [5.41, 5.74) is 4.01. The lowest BCUT2D eigenvalue weighted by Gasteiger charge is -2.39.